The van der Waals surface area contributed by atoms with E-state index in [1.807, 2.05) is 0 Å². The zero-order chi connectivity index (χ0) is 17.1. The van der Waals surface area contributed by atoms with Crippen LogP contribution in [0.1, 0.15) is 0 Å². The first-order chi connectivity index (χ1) is 11.5. The maximum Gasteiger partial charge on any atom is 0.306 e. The number of hydrogen-bond donors (Lipinski definition) is 1. The molecule has 3 aromatic rings. The summed E-state index contributed by atoms with van der Waals surface area (Å²) in [5, 5.41) is 23.0. The zero-order valence-electron chi connectivity index (χ0n) is 12.2. The van der Waals surface area contributed by atoms with Crippen molar-refractivity contribution in [3.63, 3.8) is 0 Å². The van der Waals surface area contributed by atoms with Crippen LogP contribution >= 0.6 is 11.8 Å². The molecular formula is C13H12FN7O2S. The summed E-state index contributed by atoms with van der Waals surface area (Å²) in [7, 11) is 0. The number of rotatable bonds is 6. The van der Waals surface area contributed by atoms with E-state index in [2.05, 4.69) is 15.3 Å². The van der Waals surface area contributed by atoms with Gasteiger partial charge in [0.25, 0.3) is 0 Å². The molecular weight excluding hydrogens is 337 g/mol. The van der Waals surface area contributed by atoms with E-state index >= 15 is 0 Å². The number of thioether (sulfide) groups is 1. The standard InChI is InChI=1S/C13H12FN7O2S/c14-10-3-1-9(2-4-10)12-17-18-13(20(12)15)24-6-5-19-8-11(7-16-19)21(22)23/h1-4,7-8H,5-6,15H2. The molecule has 0 aliphatic heterocycles. The highest BCUT2D eigenvalue weighted by molar-refractivity contribution is 7.99. The van der Waals surface area contributed by atoms with Crippen molar-refractivity contribution in [2.24, 2.45) is 0 Å². The first-order valence-corrected chi connectivity index (χ1v) is 7.79. The van der Waals surface area contributed by atoms with E-state index in [0.717, 1.165) is 0 Å². The third-order valence-electron chi connectivity index (χ3n) is 3.15. The Labute approximate surface area is 139 Å². The maximum absolute atomic E-state index is 13.0. The molecule has 124 valence electrons. The molecule has 0 unspecified atom stereocenters. The van der Waals surface area contributed by atoms with Gasteiger partial charge >= 0.3 is 5.69 Å². The van der Waals surface area contributed by atoms with Gasteiger partial charge in [0.2, 0.25) is 5.16 Å². The van der Waals surface area contributed by atoms with Gasteiger partial charge in [0, 0.05) is 11.3 Å². The van der Waals surface area contributed by atoms with Gasteiger partial charge in [-0.15, -0.1) is 10.2 Å². The van der Waals surface area contributed by atoms with E-state index in [-0.39, 0.29) is 11.5 Å². The summed E-state index contributed by atoms with van der Waals surface area (Å²) in [6, 6.07) is 5.78. The second-order valence-electron chi connectivity index (χ2n) is 4.75. The predicted molar refractivity (Wildman–Crippen MR) is 85.2 cm³/mol. The van der Waals surface area contributed by atoms with Gasteiger partial charge in [0.1, 0.15) is 18.2 Å². The van der Waals surface area contributed by atoms with Crippen LogP contribution in [0.4, 0.5) is 10.1 Å². The van der Waals surface area contributed by atoms with Gasteiger partial charge in [0.15, 0.2) is 5.82 Å². The van der Waals surface area contributed by atoms with Crippen LogP contribution in [-0.2, 0) is 6.54 Å². The molecule has 2 aromatic heterocycles. The van der Waals surface area contributed by atoms with Crippen molar-refractivity contribution < 1.29 is 9.31 Å². The molecule has 3 rings (SSSR count). The third-order valence-corrected chi connectivity index (χ3v) is 4.07. The van der Waals surface area contributed by atoms with Crippen LogP contribution in [0.2, 0.25) is 0 Å². The Bertz CT molecular complexity index is 862. The molecule has 0 radical (unpaired) electrons. The Morgan fingerprint density at radius 2 is 2.04 bits per heavy atom. The smallest absolute Gasteiger partial charge is 0.306 e. The summed E-state index contributed by atoms with van der Waals surface area (Å²) in [6.07, 6.45) is 2.56. The quantitative estimate of drug-likeness (QED) is 0.311. The molecule has 0 bridgehead atoms. The van der Waals surface area contributed by atoms with Crippen molar-refractivity contribution in [3.8, 4) is 11.4 Å². The summed E-state index contributed by atoms with van der Waals surface area (Å²) in [4.78, 5) is 10.1. The zero-order valence-corrected chi connectivity index (χ0v) is 13.1. The number of benzene rings is 1. The molecule has 9 nitrogen and oxygen atoms in total. The number of nitro groups is 1. The molecule has 2 N–H and O–H groups in total. The van der Waals surface area contributed by atoms with Crippen LogP contribution in [0.5, 0.6) is 0 Å². The van der Waals surface area contributed by atoms with Crippen molar-refractivity contribution in [1.82, 2.24) is 24.7 Å². The van der Waals surface area contributed by atoms with E-state index in [9.17, 15) is 14.5 Å². The summed E-state index contributed by atoms with van der Waals surface area (Å²) in [5.41, 5.74) is 0.599. The van der Waals surface area contributed by atoms with Gasteiger partial charge in [-0.3, -0.25) is 14.8 Å². The minimum atomic E-state index is -0.498. The van der Waals surface area contributed by atoms with Crippen LogP contribution in [0.25, 0.3) is 11.4 Å². The van der Waals surface area contributed by atoms with E-state index in [4.69, 9.17) is 5.84 Å². The predicted octanol–water partition coefficient (Wildman–Crippen LogP) is 1.70. The van der Waals surface area contributed by atoms with E-state index in [1.165, 1.54) is 45.6 Å². The fourth-order valence-corrected chi connectivity index (χ4v) is 2.76. The number of halogens is 1. The molecule has 0 aliphatic rings. The minimum Gasteiger partial charge on any atom is -0.335 e. The van der Waals surface area contributed by atoms with Crippen LogP contribution in [0.15, 0.2) is 41.8 Å². The Kier molecular flexibility index (Phi) is 4.42. The molecule has 1 aromatic carbocycles. The van der Waals surface area contributed by atoms with Crippen molar-refractivity contribution in [2.45, 2.75) is 11.7 Å². The molecule has 0 spiro atoms. The highest BCUT2D eigenvalue weighted by atomic mass is 32.2. The van der Waals surface area contributed by atoms with Crippen molar-refractivity contribution in [3.05, 3.63) is 52.6 Å². The Balaban J connectivity index is 1.63. The van der Waals surface area contributed by atoms with Gasteiger partial charge in [-0.1, -0.05) is 11.8 Å². The lowest BCUT2D eigenvalue weighted by Crippen LogP contribution is -2.12. The van der Waals surface area contributed by atoms with E-state index < -0.39 is 4.92 Å². The Morgan fingerprint density at radius 1 is 1.29 bits per heavy atom. The van der Waals surface area contributed by atoms with Crippen LogP contribution in [0.3, 0.4) is 0 Å². The average Bonchev–Trinajstić information content (AvgIpc) is 3.17. The maximum atomic E-state index is 13.0. The minimum absolute atomic E-state index is 0.0550. The largest absolute Gasteiger partial charge is 0.335 e. The lowest BCUT2D eigenvalue weighted by Gasteiger charge is -2.04. The SMILES string of the molecule is Nn1c(SCCn2cc([N+](=O)[O-])cn2)nnc1-c1ccc(F)cc1. The van der Waals surface area contributed by atoms with E-state index in [1.54, 1.807) is 12.1 Å². The second-order valence-corrected chi connectivity index (χ2v) is 5.81. The second kappa shape index (κ2) is 6.66. The number of nitrogens with two attached hydrogens (primary N) is 1. The fourth-order valence-electron chi connectivity index (χ4n) is 1.97. The first-order valence-electron chi connectivity index (χ1n) is 6.80. The molecule has 2 heterocycles. The first kappa shape index (κ1) is 15.9. The molecule has 0 amide bonds. The van der Waals surface area contributed by atoms with Crippen molar-refractivity contribution >= 4 is 17.4 Å². The lowest BCUT2D eigenvalue weighted by atomic mass is 10.2. The third kappa shape index (κ3) is 3.35. The summed E-state index contributed by atoms with van der Waals surface area (Å²) < 4.78 is 15.8. The van der Waals surface area contributed by atoms with Crippen LogP contribution < -0.4 is 5.84 Å². The lowest BCUT2D eigenvalue weighted by molar-refractivity contribution is -0.385. The number of hydrogen-bond acceptors (Lipinski definition) is 7. The summed E-state index contributed by atoms with van der Waals surface area (Å²) in [5.74, 6) is 6.60. The van der Waals surface area contributed by atoms with Gasteiger partial charge in [-0.25, -0.2) is 9.07 Å². The topological polar surface area (TPSA) is 118 Å². The number of nitrogen functional groups attached to an aromatic ring is 1. The highest BCUT2D eigenvalue weighted by Gasteiger charge is 2.13. The number of aryl methyl sites for hydroxylation is 1. The molecule has 0 aliphatic carbocycles. The Morgan fingerprint density at radius 3 is 2.71 bits per heavy atom. The van der Waals surface area contributed by atoms with Crippen LogP contribution in [0, 0.1) is 15.9 Å². The van der Waals surface area contributed by atoms with Gasteiger partial charge in [0.05, 0.1) is 11.5 Å². The van der Waals surface area contributed by atoms with Gasteiger partial charge < -0.3 is 5.84 Å². The van der Waals surface area contributed by atoms with Crippen LogP contribution in [-0.4, -0.2) is 35.3 Å². The fraction of sp³-hybridized carbons (Fsp3) is 0.154. The number of aromatic nitrogens is 5. The average molecular weight is 349 g/mol. The highest BCUT2D eigenvalue weighted by Crippen LogP contribution is 2.22. The van der Waals surface area contributed by atoms with Gasteiger partial charge in [-0.05, 0) is 24.3 Å². The summed E-state index contributed by atoms with van der Waals surface area (Å²) >= 11 is 1.34. The normalized spacial score (nSPS) is 10.9. The molecule has 0 fully saturated rings. The van der Waals surface area contributed by atoms with Gasteiger partial charge in [-0.2, -0.15) is 5.10 Å². The van der Waals surface area contributed by atoms with E-state index in [0.29, 0.717) is 28.8 Å². The molecule has 0 saturated carbocycles. The molecule has 24 heavy (non-hydrogen) atoms. The van der Waals surface area contributed by atoms with Crippen molar-refractivity contribution in [2.75, 3.05) is 11.6 Å². The Hall–Kier alpha value is -2.95. The molecule has 11 heteroatoms. The monoisotopic (exact) mass is 349 g/mol. The molecule has 0 atom stereocenters. The number of nitrogens with zero attached hydrogens (tertiary/aromatic N) is 6. The summed E-state index contributed by atoms with van der Waals surface area (Å²) in [6.45, 7) is 0.456. The van der Waals surface area contributed by atoms with Crippen molar-refractivity contribution in [1.29, 1.82) is 0 Å². The molecule has 0 saturated heterocycles.